The molecule has 0 bridgehead atoms. The van der Waals surface area contributed by atoms with Crippen molar-refractivity contribution in [1.29, 1.82) is 0 Å². The van der Waals surface area contributed by atoms with Gasteiger partial charge < -0.3 is 0 Å². The maximum absolute atomic E-state index is 9.86. The molecule has 1 aliphatic heterocycles. The van der Waals surface area contributed by atoms with E-state index < -0.39 is 25.9 Å². The van der Waals surface area contributed by atoms with Crippen LogP contribution in [0.4, 0.5) is 0 Å². The molecule has 2 atom stereocenters. The normalized spacial score (nSPS) is 16.4. The van der Waals surface area contributed by atoms with Crippen LogP contribution in [0.25, 0.3) is 67.8 Å². The van der Waals surface area contributed by atoms with E-state index in [1.165, 1.54) is 125 Å². The number of unbranched alkanes of at least 4 members (excludes halogenated alkanes) is 2. The van der Waals surface area contributed by atoms with Gasteiger partial charge in [0.25, 0.3) is 0 Å². The van der Waals surface area contributed by atoms with Crippen LogP contribution in [-0.2, 0) is 16.4 Å². The van der Waals surface area contributed by atoms with E-state index in [0.717, 1.165) is 38.5 Å². The van der Waals surface area contributed by atoms with Gasteiger partial charge in [-0.2, -0.15) is 0 Å². The average Bonchev–Trinajstić information content (AvgIpc) is 2.82. The number of fused-ring (bicyclic) bond motifs is 5. The molecule has 0 saturated heterocycles. The SMILES string of the molecule is CCCCC1=Cc2c(ccc(-c3ccccc3)c2-c2cc(C(C)C)cc(C(C)C)c2)[CH]1[Zr]([Cl])([Cl])([c]1cccc2c1[SiH2]c1ccccc1-2)[CH]1C(CCCC)=Cc2c1ccc(-c1ccccc1)c2-c1cc(C(C)C)cc(C(C)C)c1. The van der Waals surface area contributed by atoms with E-state index in [1.54, 1.807) is 0 Å². The molecule has 0 amide bonds. The number of hydrogen-bond acceptors (Lipinski definition) is 0. The van der Waals surface area contributed by atoms with Crippen molar-refractivity contribution in [2.45, 2.75) is 139 Å². The van der Waals surface area contributed by atoms with E-state index in [4.69, 9.17) is 0 Å². The van der Waals surface area contributed by atoms with Gasteiger partial charge in [-0.25, -0.2) is 0 Å². The number of halogens is 2. The molecule has 397 valence electrons. The monoisotopic (exact) mass is 1160 g/mol. The van der Waals surface area contributed by atoms with Crippen LogP contribution in [-0.4, -0.2) is 9.52 Å². The van der Waals surface area contributed by atoms with Gasteiger partial charge in [0.2, 0.25) is 0 Å². The molecule has 0 nitrogen and oxygen atoms in total. The second-order valence-corrected chi connectivity index (χ2v) is 46.9. The van der Waals surface area contributed by atoms with Crippen LogP contribution in [0.3, 0.4) is 0 Å². The van der Waals surface area contributed by atoms with Crippen molar-refractivity contribution in [2.75, 3.05) is 0 Å². The second-order valence-electron chi connectivity index (χ2n) is 24.4. The van der Waals surface area contributed by atoms with E-state index in [2.05, 4.69) is 245 Å². The van der Waals surface area contributed by atoms with Crippen molar-refractivity contribution in [3.8, 4) is 55.6 Å². The van der Waals surface area contributed by atoms with Gasteiger partial charge in [0.05, 0.1) is 0 Å². The van der Waals surface area contributed by atoms with Crippen LogP contribution >= 0.6 is 17.0 Å². The molecule has 11 rings (SSSR count). The van der Waals surface area contributed by atoms with E-state index in [1.807, 2.05) is 0 Å². The van der Waals surface area contributed by atoms with Crippen LogP contribution in [0.5, 0.6) is 0 Å². The van der Waals surface area contributed by atoms with Gasteiger partial charge in [-0.1, -0.05) is 0 Å². The molecule has 0 spiro atoms. The third-order valence-corrected chi connectivity index (χ3v) is 40.8. The molecule has 8 aromatic rings. The minimum atomic E-state index is -5.96. The number of benzene rings is 8. The van der Waals surface area contributed by atoms with Gasteiger partial charge in [-0.15, -0.1) is 0 Å². The quantitative estimate of drug-likeness (QED) is 0.0797. The maximum atomic E-state index is 9.86. The summed E-state index contributed by atoms with van der Waals surface area (Å²) in [6.45, 7) is 23.4. The zero-order chi connectivity index (χ0) is 54.6. The Hall–Kier alpha value is -5.08. The summed E-state index contributed by atoms with van der Waals surface area (Å²) in [7, 11) is 18.7. The number of rotatable bonds is 17. The van der Waals surface area contributed by atoms with Crippen molar-refractivity contribution in [2.24, 2.45) is 0 Å². The number of allylic oxidation sites excluding steroid dienone is 2. The van der Waals surface area contributed by atoms with Crippen molar-refractivity contribution < 1.29 is 16.4 Å². The van der Waals surface area contributed by atoms with Crippen LogP contribution in [0, 0.1) is 0 Å². The first-order valence-electron chi connectivity index (χ1n) is 29.5. The summed E-state index contributed by atoms with van der Waals surface area (Å²) in [5.74, 6) is 1.51. The van der Waals surface area contributed by atoms with Gasteiger partial charge in [-0.3, -0.25) is 0 Å². The first kappa shape index (κ1) is 54.9. The third-order valence-electron chi connectivity index (χ3n) is 18.0. The Morgan fingerprint density at radius 1 is 0.423 bits per heavy atom. The van der Waals surface area contributed by atoms with Crippen molar-refractivity contribution in [1.82, 2.24) is 0 Å². The van der Waals surface area contributed by atoms with Crippen LogP contribution in [0.1, 0.15) is 183 Å². The van der Waals surface area contributed by atoms with Crippen molar-refractivity contribution >= 4 is 52.3 Å². The molecule has 1 heterocycles. The minimum absolute atomic E-state index is 0.169. The summed E-state index contributed by atoms with van der Waals surface area (Å²) < 4.78 is 0.963. The fourth-order valence-corrected chi connectivity index (χ4v) is 41.8. The summed E-state index contributed by atoms with van der Waals surface area (Å²) in [5.41, 5.74) is 26.5. The Balaban J connectivity index is 1.27. The van der Waals surface area contributed by atoms with E-state index in [9.17, 15) is 17.0 Å². The first-order valence-corrected chi connectivity index (χ1v) is 41.4. The fraction of sp³-hybridized carbons (Fsp3) is 0.297. The van der Waals surface area contributed by atoms with Crippen molar-refractivity contribution in [3.63, 3.8) is 0 Å². The average molecular weight is 1160 g/mol. The standard InChI is InChI=1S/2C31H35.C12H9Si.2ClH.Zr/c2*1-6-7-11-23-16-25-14-15-29(24-12-9-8-10-13-24)31(30(25)17-23)28-19-26(21(2)3)18-27(20-28)22(4)5;1-3-7-11-9(5-1)10-6-2-4-8-12(10)13-11;;;/h2*8-10,12-22H,6-7,11H2,1-5H3;1-7H,13H2;2*1H;/q;;;;;+2/p-2. The van der Waals surface area contributed by atoms with Crippen LogP contribution in [0.15, 0.2) is 175 Å². The van der Waals surface area contributed by atoms with E-state index in [-0.39, 0.29) is 7.25 Å². The molecular weight excluding hydrogens is 1080 g/mol. The summed E-state index contributed by atoms with van der Waals surface area (Å²) >= 11 is -5.96. The molecule has 0 aromatic heterocycles. The molecule has 78 heavy (non-hydrogen) atoms. The molecule has 4 heteroatoms. The predicted octanol–water partition coefficient (Wildman–Crippen LogP) is 20.2. The Kier molecular flexibility index (Phi) is 15.5. The van der Waals surface area contributed by atoms with Crippen LogP contribution in [0.2, 0.25) is 0 Å². The Labute approximate surface area is 478 Å². The molecule has 0 fully saturated rings. The third kappa shape index (κ3) is 9.61. The Morgan fingerprint density at radius 2 is 0.833 bits per heavy atom. The zero-order valence-electron chi connectivity index (χ0n) is 47.9. The van der Waals surface area contributed by atoms with E-state index >= 15 is 0 Å². The second kappa shape index (κ2) is 22.1. The summed E-state index contributed by atoms with van der Waals surface area (Å²) in [6, 6.07) is 63.3. The van der Waals surface area contributed by atoms with Crippen LogP contribution < -0.4 is 13.6 Å². The molecule has 0 saturated carbocycles. The summed E-state index contributed by atoms with van der Waals surface area (Å²) in [4.78, 5) is 0. The first-order chi connectivity index (χ1) is 37.6. The molecule has 3 aliphatic rings. The fourth-order valence-electron chi connectivity index (χ4n) is 13.9. The van der Waals surface area contributed by atoms with Gasteiger partial charge in [0.1, 0.15) is 0 Å². The van der Waals surface area contributed by atoms with E-state index in [0.29, 0.717) is 23.7 Å². The van der Waals surface area contributed by atoms with Gasteiger partial charge in [-0.05, 0) is 0 Å². The van der Waals surface area contributed by atoms with Gasteiger partial charge in [0, 0.05) is 0 Å². The molecule has 2 unspecified atom stereocenters. The summed E-state index contributed by atoms with van der Waals surface area (Å²) in [6.07, 6.45) is 11.5. The Bertz CT molecular complexity index is 3390. The summed E-state index contributed by atoms with van der Waals surface area (Å²) in [5, 5.41) is 2.97. The van der Waals surface area contributed by atoms with Crippen molar-refractivity contribution in [3.05, 3.63) is 219 Å². The Morgan fingerprint density at radius 3 is 1.26 bits per heavy atom. The zero-order valence-corrected chi connectivity index (χ0v) is 53.3. The van der Waals surface area contributed by atoms with Gasteiger partial charge in [0.15, 0.2) is 0 Å². The number of hydrogen-bond donors (Lipinski definition) is 0. The predicted molar refractivity (Wildman–Crippen MR) is 343 cm³/mol. The van der Waals surface area contributed by atoms with Gasteiger partial charge >= 0.3 is 483 Å². The molecule has 2 aliphatic carbocycles. The molecule has 0 radical (unpaired) electrons. The topological polar surface area (TPSA) is 0 Å². The molecule has 0 N–H and O–H groups in total. The molecular formula is C74H79Cl2SiZr. The molecule has 8 aromatic carbocycles.